The van der Waals surface area contributed by atoms with Gasteiger partial charge in [-0.25, -0.2) is 0 Å². The molecule has 2 fully saturated rings. The molecule has 0 amide bonds. The van der Waals surface area contributed by atoms with Crippen LogP contribution >= 0.6 is 24.0 Å². The maximum Gasteiger partial charge on any atom is 0.191 e. The highest BCUT2D eigenvalue weighted by molar-refractivity contribution is 14.0. The fourth-order valence-corrected chi connectivity index (χ4v) is 2.93. The first-order valence-corrected chi connectivity index (χ1v) is 7.36. The summed E-state index contributed by atoms with van der Waals surface area (Å²) >= 11 is 0. The van der Waals surface area contributed by atoms with E-state index in [0.29, 0.717) is 12.5 Å². The SMILES string of the molecule is CC1CCN(C(N)=NCC2(O)CCCCC2)CC1.I. The second kappa shape index (κ2) is 7.67. The number of piperidine rings is 1. The normalized spacial score (nSPS) is 24.9. The van der Waals surface area contributed by atoms with Crippen LogP contribution in [-0.4, -0.2) is 41.2 Å². The fraction of sp³-hybridized carbons (Fsp3) is 0.929. The largest absolute Gasteiger partial charge is 0.388 e. The van der Waals surface area contributed by atoms with Crippen molar-refractivity contribution in [3.8, 4) is 0 Å². The number of nitrogens with zero attached hydrogens (tertiary/aromatic N) is 2. The molecule has 4 nitrogen and oxygen atoms in total. The van der Waals surface area contributed by atoms with Crippen molar-refractivity contribution in [2.24, 2.45) is 16.6 Å². The predicted molar refractivity (Wildman–Crippen MR) is 89.9 cm³/mol. The summed E-state index contributed by atoms with van der Waals surface area (Å²) in [6, 6.07) is 0. The van der Waals surface area contributed by atoms with Gasteiger partial charge in [0, 0.05) is 13.1 Å². The van der Waals surface area contributed by atoms with Crippen LogP contribution in [0.15, 0.2) is 4.99 Å². The standard InChI is InChI=1S/C14H27N3O.HI/c1-12-5-9-17(10-6-12)13(15)16-11-14(18)7-3-2-4-8-14;/h12,18H,2-11H2,1H3,(H2,15,16);1H. The first-order chi connectivity index (χ1) is 8.59. The minimum Gasteiger partial charge on any atom is -0.388 e. The zero-order valence-corrected chi connectivity index (χ0v) is 14.3. The van der Waals surface area contributed by atoms with E-state index in [-0.39, 0.29) is 24.0 Å². The van der Waals surface area contributed by atoms with E-state index >= 15 is 0 Å². The summed E-state index contributed by atoms with van der Waals surface area (Å²) in [7, 11) is 0. The molecule has 2 aliphatic rings. The van der Waals surface area contributed by atoms with E-state index in [4.69, 9.17) is 5.73 Å². The van der Waals surface area contributed by atoms with Crippen molar-refractivity contribution in [3.05, 3.63) is 0 Å². The molecule has 0 atom stereocenters. The van der Waals surface area contributed by atoms with Gasteiger partial charge in [0.15, 0.2) is 5.96 Å². The van der Waals surface area contributed by atoms with Crippen LogP contribution in [0.25, 0.3) is 0 Å². The van der Waals surface area contributed by atoms with Gasteiger partial charge in [0.2, 0.25) is 0 Å². The van der Waals surface area contributed by atoms with E-state index in [0.717, 1.165) is 44.7 Å². The summed E-state index contributed by atoms with van der Waals surface area (Å²) in [6.45, 7) is 4.78. The van der Waals surface area contributed by atoms with Gasteiger partial charge in [0.05, 0.1) is 12.1 Å². The number of nitrogens with two attached hydrogens (primary N) is 1. The van der Waals surface area contributed by atoms with Gasteiger partial charge in [-0.3, -0.25) is 4.99 Å². The van der Waals surface area contributed by atoms with Crippen molar-refractivity contribution >= 4 is 29.9 Å². The number of rotatable bonds is 2. The third kappa shape index (κ3) is 5.10. The number of aliphatic imine (C=N–C) groups is 1. The van der Waals surface area contributed by atoms with Gasteiger partial charge in [-0.05, 0) is 31.6 Å². The van der Waals surface area contributed by atoms with Crippen LogP contribution in [0.5, 0.6) is 0 Å². The van der Waals surface area contributed by atoms with Crippen LogP contribution in [0.3, 0.4) is 0 Å². The maximum atomic E-state index is 10.4. The van der Waals surface area contributed by atoms with E-state index in [9.17, 15) is 5.11 Å². The molecule has 0 spiro atoms. The second-order valence-electron chi connectivity index (χ2n) is 6.13. The topological polar surface area (TPSA) is 61.8 Å². The monoisotopic (exact) mass is 381 g/mol. The molecule has 0 aromatic carbocycles. The summed E-state index contributed by atoms with van der Waals surface area (Å²) in [6.07, 6.45) is 7.62. The number of aliphatic hydroxyl groups is 1. The molecular weight excluding hydrogens is 353 g/mol. The Morgan fingerprint density at radius 2 is 1.84 bits per heavy atom. The van der Waals surface area contributed by atoms with Gasteiger partial charge in [-0.15, -0.1) is 24.0 Å². The average Bonchev–Trinajstić information content (AvgIpc) is 2.38. The summed E-state index contributed by atoms with van der Waals surface area (Å²) in [5.41, 5.74) is 5.44. The molecule has 3 N–H and O–H groups in total. The Morgan fingerprint density at radius 3 is 2.42 bits per heavy atom. The number of hydrogen-bond donors (Lipinski definition) is 2. The minimum absolute atomic E-state index is 0. The van der Waals surface area contributed by atoms with Crippen molar-refractivity contribution in [2.75, 3.05) is 19.6 Å². The zero-order valence-electron chi connectivity index (χ0n) is 12.0. The van der Waals surface area contributed by atoms with Crippen LogP contribution in [0.2, 0.25) is 0 Å². The second-order valence-corrected chi connectivity index (χ2v) is 6.13. The molecular formula is C14H28IN3O. The molecule has 0 unspecified atom stereocenters. The van der Waals surface area contributed by atoms with E-state index in [1.807, 2.05) is 0 Å². The quantitative estimate of drug-likeness (QED) is 0.439. The zero-order chi connectivity index (χ0) is 13.0. The van der Waals surface area contributed by atoms with Gasteiger partial charge in [0.1, 0.15) is 0 Å². The molecule has 0 radical (unpaired) electrons. The Balaban J connectivity index is 0.00000180. The van der Waals surface area contributed by atoms with E-state index in [2.05, 4.69) is 16.8 Å². The Kier molecular flexibility index (Phi) is 6.86. The fourth-order valence-electron chi connectivity index (χ4n) is 2.93. The molecule has 1 heterocycles. The first kappa shape index (κ1) is 17.0. The molecule has 1 aliphatic heterocycles. The summed E-state index contributed by atoms with van der Waals surface area (Å²) < 4.78 is 0. The molecule has 2 rings (SSSR count). The van der Waals surface area contributed by atoms with Crippen molar-refractivity contribution < 1.29 is 5.11 Å². The molecule has 1 aliphatic carbocycles. The van der Waals surface area contributed by atoms with E-state index in [1.165, 1.54) is 19.3 Å². The van der Waals surface area contributed by atoms with E-state index in [1.54, 1.807) is 0 Å². The van der Waals surface area contributed by atoms with Crippen LogP contribution in [0, 0.1) is 5.92 Å². The number of halogens is 1. The molecule has 0 aromatic rings. The summed E-state index contributed by atoms with van der Waals surface area (Å²) in [5.74, 6) is 1.43. The molecule has 0 aromatic heterocycles. The van der Waals surface area contributed by atoms with Crippen molar-refractivity contribution in [1.29, 1.82) is 0 Å². The summed E-state index contributed by atoms with van der Waals surface area (Å²) in [4.78, 5) is 6.60. The van der Waals surface area contributed by atoms with Gasteiger partial charge in [0.25, 0.3) is 0 Å². The van der Waals surface area contributed by atoms with Crippen molar-refractivity contribution in [2.45, 2.75) is 57.5 Å². The number of likely N-dealkylation sites (tertiary alicyclic amines) is 1. The molecule has 1 saturated heterocycles. The lowest BCUT2D eigenvalue weighted by Gasteiger charge is -2.33. The van der Waals surface area contributed by atoms with Gasteiger partial charge < -0.3 is 15.7 Å². The minimum atomic E-state index is -0.591. The number of hydrogen-bond acceptors (Lipinski definition) is 2. The molecule has 112 valence electrons. The predicted octanol–water partition coefficient (Wildman–Crippen LogP) is 2.35. The Bertz CT molecular complexity index is 295. The summed E-state index contributed by atoms with van der Waals surface area (Å²) in [5, 5.41) is 10.4. The highest BCUT2D eigenvalue weighted by Gasteiger charge is 2.29. The van der Waals surface area contributed by atoms with Gasteiger partial charge in [-0.1, -0.05) is 26.2 Å². The average molecular weight is 381 g/mol. The van der Waals surface area contributed by atoms with Gasteiger partial charge in [-0.2, -0.15) is 0 Å². The highest BCUT2D eigenvalue weighted by Crippen LogP contribution is 2.28. The third-order valence-electron chi connectivity index (χ3n) is 4.43. The van der Waals surface area contributed by atoms with Crippen LogP contribution in [0.1, 0.15) is 51.9 Å². The lowest BCUT2D eigenvalue weighted by atomic mass is 9.85. The maximum absolute atomic E-state index is 10.4. The Hall–Kier alpha value is -0.0400. The van der Waals surface area contributed by atoms with Crippen molar-refractivity contribution in [3.63, 3.8) is 0 Å². The van der Waals surface area contributed by atoms with Crippen molar-refractivity contribution in [1.82, 2.24) is 4.90 Å². The molecule has 1 saturated carbocycles. The van der Waals surface area contributed by atoms with Crippen LogP contribution in [-0.2, 0) is 0 Å². The molecule has 19 heavy (non-hydrogen) atoms. The highest BCUT2D eigenvalue weighted by atomic mass is 127. The molecule has 5 heteroatoms. The number of guanidine groups is 1. The Labute approximate surface area is 133 Å². The van der Waals surface area contributed by atoms with Crippen LogP contribution < -0.4 is 5.73 Å². The third-order valence-corrected chi connectivity index (χ3v) is 4.43. The lowest BCUT2D eigenvalue weighted by Crippen LogP contribution is -2.44. The first-order valence-electron chi connectivity index (χ1n) is 7.36. The van der Waals surface area contributed by atoms with Gasteiger partial charge >= 0.3 is 0 Å². The Morgan fingerprint density at radius 1 is 1.26 bits per heavy atom. The smallest absolute Gasteiger partial charge is 0.191 e. The lowest BCUT2D eigenvalue weighted by molar-refractivity contribution is 0.0130. The van der Waals surface area contributed by atoms with Crippen LogP contribution in [0.4, 0.5) is 0 Å². The van der Waals surface area contributed by atoms with E-state index < -0.39 is 5.60 Å². The molecule has 0 bridgehead atoms.